The van der Waals surface area contributed by atoms with Crippen molar-refractivity contribution in [3.8, 4) is 11.4 Å². The molecule has 148 valence electrons. The van der Waals surface area contributed by atoms with Crippen molar-refractivity contribution in [1.29, 1.82) is 0 Å². The van der Waals surface area contributed by atoms with Gasteiger partial charge in [-0.3, -0.25) is 9.36 Å². The lowest BCUT2D eigenvalue weighted by molar-refractivity contribution is -0.120. The van der Waals surface area contributed by atoms with Gasteiger partial charge in [-0.1, -0.05) is 48.2 Å². The van der Waals surface area contributed by atoms with E-state index in [0.29, 0.717) is 17.5 Å². The normalized spacial score (nSPS) is 14.4. The highest BCUT2D eigenvalue weighted by Gasteiger charge is 2.30. The fourth-order valence-electron chi connectivity index (χ4n) is 2.99. The summed E-state index contributed by atoms with van der Waals surface area (Å²) in [7, 11) is 0. The van der Waals surface area contributed by atoms with Gasteiger partial charge in [0, 0.05) is 18.2 Å². The third-order valence-corrected chi connectivity index (χ3v) is 5.85. The Bertz CT molecular complexity index is 999. The zero-order valence-electron chi connectivity index (χ0n) is 15.8. The van der Waals surface area contributed by atoms with Crippen molar-refractivity contribution in [2.45, 2.75) is 35.8 Å². The molecule has 2 aromatic carbocycles. The average Bonchev–Trinajstić information content (AvgIpc) is 3.47. The Labute approximate surface area is 173 Å². The third-order valence-electron chi connectivity index (χ3n) is 4.62. The Morgan fingerprint density at radius 2 is 1.93 bits per heavy atom. The zero-order valence-corrected chi connectivity index (χ0v) is 16.6. The molecule has 1 N–H and O–H groups in total. The van der Waals surface area contributed by atoms with E-state index in [9.17, 15) is 9.18 Å². The largest absolute Gasteiger partial charge is 0.352 e. The van der Waals surface area contributed by atoms with Crippen LogP contribution < -0.4 is 5.32 Å². The van der Waals surface area contributed by atoms with Crippen LogP contribution in [0.25, 0.3) is 11.4 Å². The summed E-state index contributed by atoms with van der Waals surface area (Å²) in [5, 5.41) is 11.9. The van der Waals surface area contributed by atoms with E-state index in [-0.39, 0.29) is 17.8 Å². The summed E-state index contributed by atoms with van der Waals surface area (Å²) in [6, 6.07) is 16.1. The highest BCUT2D eigenvalue weighted by Crippen LogP contribution is 2.37. The minimum Gasteiger partial charge on any atom is -0.352 e. The quantitative estimate of drug-likeness (QED) is 0.444. The Morgan fingerprint density at radius 1 is 1.21 bits per heavy atom. The molecule has 7 heteroatoms. The predicted molar refractivity (Wildman–Crippen MR) is 112 cm³/mol. The van der Waals surface area contributed by atoms with Crippen molar-refractivity contribution >= 4 is 17.7 Å². The van der Waals surface area contributed by atoms with Crippen molar-refractivity contribution in [1.82, 2.24) is 20.1 Å². The van der Waals surface area contributed by atoms with Crippen LogP contribution in [0.4, 0.5) is 4.39 Å². The Hall–Kier alpha value is -2.93. The van der Waals surface area contributed by atoms with E-state index in [0.717, 1.165) is 24.0 Å². The smallest absolute Gasteiger partial charge is 0.238 e. The first-order chi connectivity index (χ1) is 14.2. The molecule has 5 nitrogen and oxygen atoms in total. The predicted octanol–water partition coefficient (Wildman–Crippen LogP) is 4.38. The standard InChI is InChI=1S/C22H21FN4OS/c1-2-14-27-20(16-8-10-17(23)11-9-16)25-26-22(27)29-19(15-6-4-3-5-7-15)21(28)24-18-12-13-18/h2-11,18-19H,1,12-14H2,(H,24,28). The summed E-state index contributed by atoms with van der Waals surface area (Å²) in [5.74, 6) is 0.279. The van der Waals surface area contributed by atoms with E-state index >= 15 is 0 Å². The number of thioether (sulfide) groups is 1. The van der Waals surface area contributed by atoms with Crippen LogP contribution in [0.1, 0.15) is 23.7 Å². The molecule has 0 aliphatic heterocycles. The molecule has 0 spiro atoms. The van der Waals surface area contributed by atoms with Crippen molar-refractivity contribution in [2.75, 3.05) is 0 Å². The van der Waals surface area contributed by atoms with Crippen LogP contribution in [0.3, 0.4) is 0 Å². The number of halogens is 1. The van der Waals surface area contributed by atoms with Gasteiger partial charge in [0.05, 0.1) is 0 Å². The van der Waals surface area contributed by atoms with Crippen LogP contribution in [0, 0.1) is 5.82 Å². The summed E-state index contributed by atoms with van der Waals surface area (Å²) < 4.78 is 15.2. The number of rotatable bonds is 8. The van der Waals surface area contributed by atoms with Crippen molar-refractivity contribution in [3.63, 3.8) is 0 Å². The molecule has 1 aliphatic rings. The maximum absolute atomic E-state index is 13.3. The second-order valence-corrected chi connectivity index (χ2v) is 7.98. The maximum atomic E-state index is 13.3. The van der Waals surface area contributed by atoms with Gasteiger partial charge in [0.1, 0.15) is 11.1 Å². The lowest BCUT2D eigenvalue weighted by Gasteiger charge is -2.17. The fraction of sp³-hybridized carbons (Fsp3) is 0.227. The van der Waals surface area contributed by atoms with Gasteiger partial charge >= 0.3 is 0 Å². The minimum absolute atomic E-state index is 0.0276. The maximum Gasteiger partial charge on any atom is 0.238 e. The van der Waals surface area contributed by atoms with Crippen molar-refractivity contribution < 1.29 is 9.18 Å². The van der Waals surface area contributed by atoms with Gasteiger partial charge in [-0.05, 0) is 42.7 Å². The molecular formula is C22H21FN4OS. The van der Waals surface area contributed by atoms with Crippen LogP contribution in [0.15, 0.2) is 72.4 Å². The van der Waals surface area contributed by atoms with Crippen LogP contribution in [-0.2, 0) is 11.3 Å². The number of benzene rings is 2. The van der Waals surface area contributed by atoms with Gasteiger partial charge in [0.2, 0.25) is 5.91 Å². The fourth-order valence-corrected chi connectivity index (χ4v) is 4.05. The summed E-state index contributed by atoms with van der Waals surface area (Å²) in [5.41, 5.74) is 1.67. The summed E-state index contributed by atoms with van der Waals surface area (Å²) in [4.78, 5) is 12.9. The zero-order chi connectivity index (χ0) is 20.2. The second-order valence-electron chi connectivity index (χ2n) is 6.90. The number of hydrogen-bond acceptors (Lipinski definition) is 4. The summed E-state index contributed by atoms with van der Waals surface area (Å²) >= 11 is 1.36. The van der Waals surface area contributed by atoms with Crippen LogP contribution in [0.2, 0.25) is 0 Å². The number of nitrogens with zero attached hydrogens (tertiary/aromatic N) is 3. The third kappa shape index (κ3) is 4.56. The van der Waals surface area contributed by atoms with E-state index < -0.39 is 5.25 Å². The number of carbonyl (C=O) groups is 1. The van der Waals surface area contributed by atoms with E-state index in [2.05, 4.69) is 22.1 Å². The van der Waals surface area contributed by atoms with Gasteiger partial charge in [-0.25, -0.2) is 4.39 Å². The molecular weight excluding hydrogens is 387 g/mol. The molecule has 0 radical (unpaired) electrons. The number of aromatic nitrogens is 3. The SMILES string of the molecule is C=CCn1c(SC(C(=O)NC2CC2)c2ccccc2)nnc1-c1ccc(F)cc1. The minimum atomic E-state index is -0.439. The van der Waals surface area contributed by atoms with Gasteiger partial charge < -0.3 is 5.32 Å². The molecule has 1 heterocycles. The first-order valence-corrected chi connectivity index (χ1v) is 10.4. The highest BCUT2D eigenvalue weighted by atomic mass is 32.2. The van der Waals surface area contributed by atoms with Crippen molar-refractivity contribution in [2.24, 2.45) is 0 Å². The molecule has 1 amide bonds. The Kier molecular flexibility index (Phi) is 5.76. The molecule has 1 aliphatic carbocycles. The van der Waals surface area contributed by atoms with Crippen LogP contribution >= 0.6 is 11.8 Å². The van der Waals surface area contributed by atoms with Gasteiger partial charge in [-0.15, -0.1) is 16.8 Å². The molecule has 1 unspecified atom stereocenters. The van der Waals surface area contributed by atoms with Gasteiger partial charge in [-0.2, -0.15) is 0 Å². The van der Waals surface area contributed by atoms with Crippen LogP contribution in [-0.4, -0.2) is 26.7 Å². The van der Waals surface area contributed by atoms with Crippen molar-refractivity contribution in [3.05, 3.63) is 78.6 Å². The van der Waals surface area contributed by atoms with Crippen LogP contribution in [0.5, 0.6) is 0 Å². The topological polar surface area (TPSA) is 59.8 Å². The molecule has 0 saturated heterocycles. The number of carbonyl (C=O) groups excluding carboxylic acids is 1. The summed E-state index contributed by atoms with van der Waals surface area (Å²) in [6.07, 6.45) is 3.81. The first kappa shape index (κ1) is 19.4. The Morgan fingerprint density at radius 3 is 2.59 bits per heavy atom. The second kappa shape index (κ2) is 8.61. The van der Waals surface area contributed by atoms with E-state index in [4.69, 9.17) is 0 Å². The summed E-state index contributed by atoms with van der Waals surface area (Å²) in [6.45, 7) is 4.30. The molecule has 1 atom stereocenters. The number of allylic oxidation sites excluding steroid dienone is 1. The van der Waals surface area contributed by atoms with Gasteiger partial charge in [0.25, 0.3) is 0 Å². The Balaban J connectivity index is 1.67. The molecule has 1 aromatic heterocycles. The number of nitrogens with one attached hydrogen (secondary N) is 1. The monoisotopic (exact) mass is 408 g/mol. The number of amides is 1. The molecule has 4 rings (SSSR count). The van der Waals surface area contributed by atoms with E-state index in [1.165, 1.54) is 23.9 Å². The highest BCUT2D eigenvalue weighted by molar-refractivity contribution is 8.00. The molecule has 29 heavy (non-hydrogen) atoms. The van der Waals surface area contributed by atoms with E-state index in [1.54, 1.807) is 18.2 Å². The number of hydrogen-bond donors (Lipinski definition) is 1. The molecule has 0 bridgehead atoms. The van der Waals surface area contributed by atoms with Gasteiger partial charge in [0.15, 0.2) is 11.0 Å². The van der Waals surface area contributed by atoms with E-state index in [1.807, 2.05) is 34.9 Å². The molecule has 1 fully saturated rings. The lowest BCUT2D eigenvalue weighted by Crippen LogP contribution is -2.30. The first-order valence-electron chi connectivity index (χ1n) is 9.47. The lowest BCUT2D eigenvalue weighted by atomic mass is 10.1. The average molecular weight is 409 g/mol. The molecule has 3 aromatic rings. The molecule has 1 saturated carbocycles.